The molecule has 0 bridgehead atoms. The molecule has 1 rings (SSSR count). The molecule has 0 radical (unpaired) electrons. The number of rotatable bonds is 8. The average Bonchev–Trinajstić information content (AvgIpc) is 2.38. The lowest BCUT2D eigenvalue weighted by Gasteiger charge is -2.17. The van der Waals surface area contributed by atoms with Gasteiger partial charge in [0.15, 0.2) is 0 Å². The second-order valence-corrected chi connectivity index (χ2v) is 4.86. The lowest BCUT2D eigenvalue weighted by Crippen LogP contribution is -2.20. The molecule has 0 aliphatic rings. The van der Waals surface area contributed by atoms with Crippen LogP contribution in [0.3, 0.4) is 0 Å². The van der Waals surface area contributed by atoms with Crippen molar-refractivity contribution in [3.8, 4) is 0 Å². The minimum absolute atomic E-state index is 0.406. The molecule has 1 unspecified atom stereocenters. The van der Waals surface area contributed by atoms with Crippen molar-refractivity contribution in [3.63, 3.8) is 0 Å². The summed E-state index contributed by atoms with van der Waals surface area (Å²) < 4.78 is 5.04. The van der Waals surface area contributed by atoms with Crippen LogP contribution in [0, 0.1) is 0 Å². The highest BCUT2D eigenvalue weighted by Gasteiger charge is 2.04. The molecule has 0 saturated heterocycles. The summed E-state index contributed by atoms with van der Waals surface area (Å²) in [4.78, 5) is 2.12. The van der Waals surface area contributed by atoms with E-state index in [0.717, 1.165) is 26.0 Å². The average molecular weight is 250 g/mol. The molecule has 0 fully saturated rings. The van der Waals surface area contributed by atoms with Crippen LogP contribution in [0.5, 0.6) is 0 Å². The van der Waals surface area contributed by atoms with Crippen molar-refractivity contribution in [2.45, 2.75) is 25.8 Å². The van der Waals surface area contributed by atoms with Crippen molar-refractivity contribution < 1.29 is 4.74 Å². The van der Waals surface area contributed by atoms with E-state index in [9.17, 15) is 0 Å². The van der Waals surface area contributed by atoms with Crippen LogP contribution in [0.4, 0.5) is 5.69 Å². The Labute approximate surface area is 111 Å². The molecule has 102 valence electrons. The predicted octanol–water partition coefficient (Wildman–Crippen LogP) is 2.83. The van der Waals surface area contributed by atoms with E-state index in [4.69, 9.17) is 4.74 Å². The number of anilines is 1. The number of unbranched alkanes of at least 4 members (excludes halogenated alkanes) is 1. The van der Waals surface area contributed by atoms with Gasteiger partial charge >= 0.3 is 0 Å². The van der Waals surface area contributed by atoms with E-state index < -0.39 is 0 Å². The maximum absolute atomic E-state index is 5.04. The van der Waals surface area contributed by atoms with Crippen LogP contribution in [0.25, 0.3) is 0 Å². The topological polar surface area (TPSA) is 24.5 Å². The molecule has 0 amide bonds. The first kappa shape index (κ1) is 15.0. The van der Waals surface area contributed by atoms with Crippen molar-refractivity contribution in [2.24, 2.45) is 0 Å². The fraction of sp³-hybridized carbons (Fsp3) is 0.600. The largest absolute Gasteiger partial charge is 0.385 e. The van der Waals surface area contributed by atoms with Gasteiger partial charge < -0.3 is 15.0 Å². The van der Waals surface area contributed by atoms with Crippen LogP contribution in [-0.4, -0.2) is 34.4 Å². The minimum atomic E-state index is 0.406. The van der Waals surface area contributed by atoms with Gasteiger partial charge in [-0.2, -0.15) is 0 Å². The van der Waals surface area contributed by atoms with Crippen molar-refractivity contribution in [3.05, 3.63) is 29.8 Å². The minimum Gasteiger partial charge on any atom is -0.385 e. The van der Waals surface area contributed by atoms with Crippen LogP contribution in [0.15, 0.2) is 24.3 Å². The van der Waals surface area contributed by atoms with Gasteiger partial charge in [0.25, 0.3) is 0 Å². The summed E-state index contributed by atoms with van der Waals surface area (Å²) >= 11 is 0. The van der Waals surface area contributed by atoms with Gasteiger partial charge in [-0.1, -0.05) is 12.1 Å². The number of methoxy groups -OCH3 is 1. The summed E-state index contributed by atoms with van der Waals surface area (Å²) in [6, 6.07) is 9.13. The molecule has 1 aromatic carbocycles. The van der Waals surface area contributed by atoms with Crippen molar-refractivity contribution in [2.75, 3.05) is 39.3 Å². The molecule has 0 aromatic heterocycles. The van der Waals surface area contributed by atoms with Crippen LogP contribution in [-0.2, 0) is 4.74 Å². The molecule has 1 aromatic rings. The standard InChI is InChI=1S/C15H26N2O/c1-13(16-11-5-6-12-18-4)14-7-9-15(10-8-14)17(2)3/h7-10,13,16H,5-6,11-12H2,1-4H3. The van der Waals surface area contributed by atoms with Gasteiger partial charge in [-0.3, -0.25) is 0 Å². The predicted molar refractivity (Wildman–Crippen MR) is 78.3 cm³/mol. The Kier molecular flexibility index (Phi) is 6.76. The van der Waals surface area contributed by atoms with Crippen molar-refractivity contribution in [1.82, 2.24) is 5.32 Å². The first-order valence-corrected chi connectivity index (χ1v) is 6.64. The van der Waals surface area contributed by atoms with Crippen LogP contribution < -0.4 is 10.2 Å². The molecule has 0 heterocycles. The third kappa shape index (κ3) is 5.07. The third-order valence-corrected chi connectivity index (χ3v) is 3.14. The molecule has 0 spiro atoms. The highest BCUT2D eigenvalue weighted by molar-refractivity contribution is 5.46. The molecule has 3 heteroatoms. The summed E-state index contributed by atoms with van der Waals surface area (Å²) in [5, 5.41) is 3.54. The van der Waals surface area contributed by atoms with E-state index in [-0.39, 0.29) is 0 Å². The molecule has 0 saturated carbocycles. The van der Waals surface area contributed by atoms with Crippen LogP contribution >= 0.6 is 0 Å². The fourth-order valence-electron chi connectivity index (χ4n) is 1.87. The van der Waals surface area contributed by atoms with Gasteiger partial charge in [-0.15, -0.1) is 0 Å². The second kappa shape index (κ2) is 8.11. The first-order valence-electron chi connectivity index (χ1n) is 6.64. The van der Waals surface area contributed by atoms with Gasteiger partial charge in [0.05, 0.1) is 0 Å². The highest BCUT2D eigenvalue weighted by atomic mass is 16.5. The molecule has 18 heavy (non-hydrogen) atoms. The number of nitrogens with zero attached hydrogens (tertiary/aromatic N) is 1. The Balaban J connectivity index is 2.34. The SMILES string of the molecule is COCCCCNC(C)c1ccc(N(C)C)cc1. The molecule has 1 N–H and O–H groups in total. The van der Waals surface area contributed by atoms with E-state index in [1.807, 2.05) is 0 Å². The molecule has 3 nitrogen and oxygen atoms in total. The van der Waals surface area contributed by atoms with E-state index in [1.165, 1.54) is 11.3 Å². The van der Waals surface area contributed by atoms with Gasteiger partial charge in [-0.25, -0.2) is 0 Å². The monoisotopic (exact) mass is 250 g/mol. The Morgan fingerprint density at radius 3 is 2.39 bits per heavy atom. The second-order valence-electron chi connectivity index (χ2n) is 4.86. The van der Waals surface area contributed by atoms with E-state index in [1.54, 1.807) is 7.11 Å². The lowest BCUT2D eigenvalue weighted by molar-refractivity contribution is 0.192. The van der Waals surface area contributed by atoms with E-state index in [2.05, 4.69) is 55.5 Å². The fourth-order valence-corrected chi connectivity index (χ4v) is 1.87. The molecular weight excluding hydrogens is 224 g/mol. The van der Waals surface area contributed by atoms with Crippen molar-refractivity contribution in [1.29, 1.82) is 0 Å². The maximum atomic E-state index is 5.04. The maximum Gasteiger partial charge on any atom is 0.0462 e. The lowest BCUT2D eigenvalue weighted by atomic mass is 10.1. The number of nitrogens with one attached hydrogen (secondary N) is 1. The number of benzene rings is 1. The van der Waals surface area contributed by atoms with Gasteiger partial charge in [-0.05, 0) is 44.0 Å². The molecule has 1 atom stereocenters. The quantitative estimate of drug-likeness (QED) is 0.718. The zero-order valence-electron chi connectivity index (χ0n) is 12.1. The summed E-state index contributed by atoms with van der Waals surface area (Å²) in [7, 11) is 5.88. The van der Waals surface area contributed by atoms with E-state index in [0.29, 0.717) is 6.04 Å². The Morgan fingerprint density at radius 1 is 1.17 bits per heavy atom. The first-order chi connectivity index (χ1) is 8.65. The Bertz CT molecular complexity index is 322. The van der Waals surface area contributed by atoms with Crippen molar-refractivity contribution >= 4 is 5.69 Å². The summed E-state index contributed by atoms with van der Waals surface area (Å²) in [6.45, 7) is 4.11. The smallest absolute Gasteiger partial charge is 0.0462 e. The zero-order valence-corrected chi connectivity index (χ0v) is 12.1. The number of ether oxygens (including phenoxy) is 1. The van der Waals surface area contributed by atoms with Crippen LogP contribution in [0.2, 0.25) is 0 Å². The summed E-state index contributed by atoms with van der Waals surface area (Å²) in [6.07, 6.45) is 2.28. The molecule has 0 aliphatic carbocycles. The summed E-state index contributed by atoms with van der Waals surface area (Å²) in [5.74, 6) is 0. The number of hydrogen-bond acceptors (Lipinski definition) is 3. The molecular formula is C15H26N2O. The van der Waals surface area contributed by atoms with Crippen LogP contribution in [0.1, 0.15) is 31.4 Å². The van der Waals surface area contributed by atoms with Gasteiger partial charge in [0.1, 0.15) is 0 Å². The Hall–Kier alpha value is -1.06. The van der Waals surface area contributed by atoms with Gasteiger partial charge in [0, 0.05) is 39.5 Å². The summed E-state index contributed by atoms with van der Waals surface area (Å²) in [5.41, 5.74) is 2.58. The van der Waals surface area contributed by atoms with E-state index >= 15 is 0 Å². The number of hydrogen-bond donors (Lipinski definition) is 1. The third-order valence-electron chi connectivity index (χ3n) is 3.14. The van der Waals surface area contributed by atoms with Gasteiger partial charge in [0.2, 0.25) is 0 Å². The zero-order chi connectivity index (χ0) is 13.4. The Morgan fingerprint density at radius 2 is 1.83 bits per heavy atom. The normalized spacial score (nSPS) is 12.4. The highest BCUT2D eigenvalue weighted by Crippen LogP contribution is 2.17. The molecule has 0 aliphatic heterocycles.